The van der Waals surface area contributed by atoms with E-state index >= 15 is 0 Å². The van der Waals surface area contributed by atoms with Gasteiger partial charge in [0.2, 0.25) is 5.89 Å². The van der Waals surface area contributed by atoms with E-state index in [-0.39, 0.29) is 0 Å². The van der Waals surface area contributed by atoms with Crippen LogP contribution in [0.2, 0.25) is 0 Å². The maximum atomic E-state index is 5.74. The molecular formula is C25H36N6O. The normalized spacial score (nSPS) is 16.1. The van der Waals surface area contributed by atoms with E-state index in [1.807, 2.05) is 20.9 Å². The average molecular weight is 437 g/mol. The number of piperidine rings is 1. The first kappa shape index (κ1) is 22.4. The van der Waals surface area contributed by atoms with E-state index in [4.69, 9.17) is 4.42 Å². The predicted octanol–water partition coefficient (Wildman–Crippen LogP) is 3.70. The highest BCUT2D eigenvalue weighted by Gasteiger charge is 2.21. The van der Waals surface area contributed by atoms with Gasteiger partial charge < -0.3 is 20.0 Å². The average Bonchev–Trinajstić information content (AvgIpc) is 3.28. The van der Waals surface area contributed by atoms with Gasteiger partial charge in [-0.05, 0) is 70.7 Å². The van der Waals surface area contributed by atoms with E-state index in [2.05, 4.69) is 61.7 Å². The molecule has 2 aromatic heterocycles. The standard InChI is InChI=1S/C25H36N6O/c1-17-19(3)32-24(30-17)16-31-13-10-20(11-14-31)15-28-25(26-4)27-12-9-21-18(2)29-23-8-6-5-7-22(21)23/h5-8,20,29H,9-16H2,1-4H3,(H2,26,27,28). The van der Waals surface area contributed by atoms with Crippen molar-refractivity contribution in [2.45, 2.75) is 46.6 Å². The van der Waals surface area contributed by atoms with E-state index in [1.165, 1.54) is 35.0 Å². The third kappa shape index (κ3) is 5.33. The van der Waals surface area contributed by atoms with Crippen LogP contribution in [0.4, 0.5) is 0 Å². The number of hydrogen-bond acceptors (Lipinski definition) is 4. The number of fused-ring (bicyclic) bond motifs is 1. The van der Waals surface area contributed by atoms with Crippen molar-refractivity contribution < 1.29 is 4.42 Å². The molecule has 7 nitrogen and oxygen atoms in total. The van der Waals surface area contributed by atoms with Crippen LogP contribution in [0.3, 0.4) is 0 Å². The van der Waals surface area contributed by atoms with Crippen LogP contribution in [-0.2, 0) is 13.0 Å². The highest BCUT2D eigenvalue weighted by Crippen LogP contribution is 2.22. The van der Waals surface area contributed by atoms with Crippen molar-refractivity contribution in [2.75, 3.05) is 33.2 Å². The van der Waals surface area contributed by atoms with Crippen LogP contribution < -0.4 is 10.6 Å². The summed E-state index contributed by atoms with van der Waals surface area (Å²) >= 11 is 0. The molecule has 0 bridgehead atoms. The number of rotatable bonds is 7. The summed E-state index contributed by atoms with van der Waals surface area (Å²) in [6.45, 7) is 10.9. The minimum absolute atomic E-state index is 0.661. The Labute approximate surface area is 190 Å². The summed E-state index contributed by atoms with van der Waals surface area (Å²) in [6.07, 6.45) is 3.32. The van der Waals surface area contributed by atoms with Crippen LogP contribution in [0.1, 0.15) is 41.4 Å². The number of aromatic nitrogens is 2. The van der Waals surface area contributed by atoms with Gasteiger partial charge in [-0.2, -0.15) is 0 Å². The Hall–Kier alpha value is -2.80. The van der Waals surface area contributed by atoms with Crippen LogP contribution in [-0.4, -0.2) is 54.1 Å². The number of aryl methyl sites for hydroxylation is 3. The molecule has 1 aliphatic heterocycles. The lowest BCUT2D eigenvalue weighted by molar-refractivity contribution is 0.164. The first-order chi connectivity index (χ1) is 15.5. The highest BCUT2D eigenvalue weighted by molar-refractivity contribution is 5.84. The second kappa shape index (κ2) is 10.2. The Bertz CT molecular complexity index is 1040. The summed E-state index contributed by atoms with van der Waals surface area (Å²) in [5.41, 5.74) is 4.84. The summed E-state index contributed by atoms with van der Waals surface area (Å²) in [7, 11) is 1.84. The van der Waals surface area contributed by atoms with Crippen molar-refractivity contribution in [3.05, 3.63) is 52.9 Å². The van der Waals surface area contributed by atoms with Crippen molar-refractivity contribution in [1.29, 1.82) is 0 Å². The van der Waals surface area contributed by atoms with Crippen LogP contribution in [0, 0.1) is 26.7 Å². The molecule has 0 spiro atoms. The van der Waals surface area contributed by atoms with Crippen LogP contribution >= 0.6 is 0 Å². The predicted molar refractivity (Wildman–Crippen MR) is 130 cm³/mol. The first-order valence-electron chi connectivity index (χ1n) is 11.7. The number of nitrogens with one attached hydrogen (secondary N) is 3. The van der Waals surface area contributed by atoms with Crippen LogP contribution in [0.5, 0.6) is 0 Å². The number of para-hydroxylation sites is 1. The van der Waals surface area contributed by atoms with E-state index < -0.39 is 0 Å². The summed E-state index contributed by atoms with van der Waals surface area (Å²) in [5.74, 6) is 3.31. The molecule has 0 amide bonds. The largest absolute Gasteiger partial charge is 0.444 e. The number of benzene rings is 1. The van der Waals surface area contributed by atoms with Gasteiger partial charge in [0.15, 0.2) is 5.96 Å². The van der Waals surface area contributed by atoms with Gasteiger partial charge >= 0.3 is 0 Å². The summed E-state index contributed by atoms with van der Waals surface area (Å²) in [5, 5.41) is 8.33. The summed E-state index contributed by atoms with van der Waals surface area (Å²) in [4.78, 5) is 14.9. The molecule has 1 fully saturated rings. The van der Waals surface area contributed by atoms with Gasteiger partial charge in [0.05, 0.1) is 12.2 Å². The Morgan fingerprint density at radius 3 is 2.69 bits per heavy atom. The van der Waals surface area contributed by atoms with Gasteiger partial charge in [-0.1, -0.05) is 18.2 Å². The number of oxazole rings is 1. The molecule has 3 heterocycles. The lowest BCUT2D eigenvalue weighted by Gasteiger charge is -2.31. The second-order valence-corrected chi connectivity index (χ2v) is 8.87. The molecule has 0 aliphatic carbocycles. The third-order valence-corrected chi connectivity index (χ3v) is 6.62. The molecule has 3 N–H and O–H groups in total. The van der Waals surface area contributed by atoms with Crippen molar-refractivity contribution in [1.82, 2.24) is 25.5 Å². The molecule has 32 heavy (non-hydrogen) atoms. The Kier molecular flexibility index (Phi) is 7.15. The molecule has 0 radical (unpaired) electrons. The van der Waals surface area contributed by atoms with Crippen LogP contribution in [0.15, 0.2) is 33.7 Å². The number of aromatic amines is 1. The molecule has 3 aromatic rings. The first-order valence-corrected chi connectivity index (χ1v) is 11.7. The van der Waals surface area contributed by atoms with E-state index in [9.17, 15) is 0 Å². The molecule has 1 aromatic carbocycles. The van der Waals surface area contributed by atoms with Gasteiger partial charge in [-0.3, -0.25) is 9.89 Å². The highest BCUT2D eigenvalue weighted by atomic mass is 16.4. The number of hydrogen-bond donors (Lipinski definition) is 3. The number of H-pyrrole nitrogens is 1. The number of nitrogens with zero attached hydrogens (tertiary/aromatic N) is 3. The fraction of sp³-hybridized carbons (Fsp3) is 0.520. The number of likely N-dealkylation sites (tertiary alicyclic amines) is 1. The third-order valence-electron chi connectivity index (χ3n) is 6.62. The maximum absolute atomic E-state index is 5.74. The van der Waals surface area contributed by atoms with Gasteiger partial charge in [0, 0.05) is 36.7 Å². The number of aliphatic imine (C=N–C) groups is 1. The van der Waals surface area contributed by atoms with E-state index in [0.29, 0.717) is 5.92 Å². The number of guanidine groups is 1. The fourth-order valence-electron chi connectivity index (χ4n) is 4.57. The van der Waals surface area contributed by atoms with Gasteiger partial charge in [0.25, 0.3) is 0 Å². The molecule has 172 valence electrons. The minimum atomic E-state index is 0.661. The maximum Gasteiger partial charge on any atom is 0.208 e. The molecular weight excluding hydrogens is 400 g/mol. The SMILES string of the molecule is CN=C(NCCc1c(C)[nH]c2ccccc12)NCC1CCN(Cc2nc(C)c(C)o2)CC1. The van der Waals surface area contributed by atoms with Crippen molar-refractivity contribution in [2.24, 2.45) is 10.9 Å². The molecule has 4 rings (SSSR count). The van der Waals surface area contributed by atoms with Crippen molar-refractivity contribution in [3.8, 4) is 0 Å². The smallest absolute Gasteiger partial charge is 0.208 e. The second-order valence-electron chi connectivity index (χ2n) is 8.87. The molecule has 1 saturated heterocycles. The van der Waals surface area contributed by atoms with E-state index in [1.54, 1.807) is 0 Å². The van der Waals surface area contributed by atoms with Gasteiger partial charge in [-0.25, -0.2) is 4.98 Å². The Morgan fingerprint density at radius 1 is 1.19 bits per heavy atom. The molecule has 0 unspecified atom stereocenters. The van der Waals surface area contributed by atoms with E-state index in [0.717, 1.165) is 62.4 Å². The zero-order valence-corrected chi connectivity index (χ0v) is 19.8. The summed E-state index contributed by atoms with van der Waals surface area (Å²) < 4.78 is 5.74. The van der Waals surface area contributed by atoms with Gasteiger partial charge in [0.1, 0.15) is 5.76 Å². The lowest BCUT2D eigenvalue weighted by Crippen LogP contribution is -2.43. The lowest BCUT2D eigenvalue weighted by atomic mass is 9.97. The molecule has 0 saturated carbocycles. The fourth-order valence-corrected chi connectivity index (χ4v) is 4.57. The van der Waals surface area contributed by atoms with Crippen molar-refractivity contribution >= 4 is 16.9 Å². The molecule has 7 heteroatoms. The zero-order valence-electron chi connectivity index (χ0n) is 19.8. The Morgan fingerprint density at radius 2 is 1.97 bits per heavy atom. The van der Waals surface area contributed by atoms with Crippen LogP contribution in [0.25, 0.3) is 10.9 Å². The quantitative estimate of drug-likeness (QED) is 0.389. The minimum Gasteiger partial charge on any atom is -0.444 e. The van der Waals surface area contributed by atoms with Gasteiger partial charge in [-0.15, -0.1) is 0 Å². The van der Waals surface area contributed by atoms with Crippen molar-refractivity contribution in [3.63, 3.8) is 0 Å². The molecule has 0 atom stereocenters. The zero-order chi connectivity index (χ0) is 22.5. The monoisotopic (exact) mass is 436 g/mol. The topological polar surface area (TPSA) is 81.5 Å². The summed E-state index contributed by atoms with van der Waals surface area (Å²) in [6, 6.07) is 8.51. The molecule has 1 aliphatic rings. The Balaban J connectivity index is 1.18.